The monoisotopic (exact) mass is 278 g/mol. The lowest BCUT2D eigenvalue weighted by atomic mass is 10.3. The van der Waals surface area contributed by atoms with Crippen molar-refractivity contribution < 1.29 is 9.59 Å². The van der Waals surface area contributed by atoms with Crippen LogP contribution in [0, 0.1) is 0 Å². The van der Waals surface area contributed by atoms with Crippen molar-refractivity contribution in [3.8, 4) is 5.69 Å². The molecule has 0 saturated carbocycles. The van der Waals surface area contributed by atoms with E-state index in [1.807, 2.05) is 0 Å². The second kappa shape index (κ2) is 4.76. The Balaban J connectivity index is 1.88. The molecule has 1 aliphatic heterocycles. The van der Waals surface area contributed by atoms with Gasteiger partial charge in [0.05, 0.1) is 12.2 Å². The summed E-state index contributed by atoms with van der Waals surface area (Å²) in [6, 6.07) is 1.78. The summed E-state index contributed by atoms with van der Waals surface area (Å²) in [4.78, 5) is 25.8. The molecule has 98 valence electrons. The lowest BCUT2D eigenvalue weighted by Gasteiger charge is -2.26. The fraction of sp³-hybridized carbons (Fsp3) is 0.300. The highest BCUT2D eigenvalue weighted by molar-refractivity contribution is 7.12. The number of aromatic nitrogens is 4. The normalized spacial score (nSPS) is 15.4. The van der Waals surface area contributed by atoms with Crippen LogP contribution in [-0.2, 0) is 4.79 Å². The largest absolute Gasteiger partial charge is 0.353 e. The number of carbonyl (C=O) groups excluding carboxylic acids is 2. The van der Waals surface area contributed by atoms with Gasteiger partial charge in [-0.3, -0.25) is 9.59 Å². The number of thiophene rings is 1. The van der Waals surface area contributed by atoms with E-state index in [0.717, 1.165) is 0 Å². The zero-order valence-corrected chi connectivity index (χ0v) is 10.6. The number of nitrogens with one attached hydrogen (secondary N) is 1. The minimum atomic E-state index is -0.171. The van der Waals surface area contributed by atoms with Gasteiger partial charge in [-0.25, -0.2) is 0 Å². The molecule has 0 aromatic carbocycles. The predicted octanol–water partition coefficient (Wildman–Crippen LogP) is -0.704. The standard InChI is InChI=1S/C10H10N6O2S/c17-8-5-15(3-2-11-8)10(18)9-7(1-4-19-9)16-6-12-13-14-16/h1,4,6H,2-3,5H2,(H,11,17). The number of hydrogen-bond donors (Lipinski definition) is 1. The van der Waals surface area contributed by atoms with Crippen LogP contribution in [0.4, 0.5) is 0 Å². The van der Waals surface area contributed by atoms with Crippen LogP contribution < -0.4 is 5.32 Å². The molecule has 2 aromatic heterocycles. The number of amides is 2. The average molecular weight is 278 g/mol. The molecule has 2 aromatic rings. The van der Waals surface area contributed by atoms with E-state index in [-0.39, 0.29) is 18.4 Å². The minimum Gasteiger partial charge on any atom is -0.353 e. The second-order valence-electron chi connectivity index (χ2n) is 3.97. The Kier molecular flexibility index (Phi) is 2.95. The topological polar surface area (TPSA) is 93.0 Å². The summed E-state index contributed by atoms with van der Waals surface area (Å²) < 4.78 is 1.44. The number of hydrogen-bond acceptors (Lipinski definition) is 6. The quantitative estimate of drug-likeness (QED) is 0.783. The zero-order chi connectivity index (χ0) is 13.2. The van der Waals surface area contributed by atoms with E-state index < -0.39 is 0 Å². The summed E-state index contributed by atoms with van der Waals surface area (Å²) in [6.07, 6.45) is 1.43. The molecule has 1 saturated heterocycles. The van der Waals surface area contributed by atoms with Crippen LogP contribution in [0.3, 0.4) is 0 Å². The Morgan fingerprint density at radius 2 is 2.37 bits per heavy atom. The van der Waals surface area contributed by atoms with Crippen molar-refractivity contribution >= 4 is 23.2 Å². The highest BCUT2D eigenvalue weighted by Gasteiger charge is 2.25. The molecule has 3 heterocycles. The third-order valence-corrected chi connectivity index (χ3v) is 3.65. The Labute approximate surface area is 112 Å². The molecule has 8 nitrogen and oxygen atoms in total. The molecule has 0 radical (unpaired) electrons. The number of piperazine rings is 1. The van der Waals surface area contributed by atoms with Crippen LogP contribution in [0.1, 0.15) is 9.67 Å². The van der Waals surface area contributed by atoms with Gasteiger partial charge in [-0.05, 0) is 21.9 Å². The maximum absolute atomic E-state index is 12.4. The van der Waals surface area contributed by atoms with E-state index in [2.05, 4.69) is 20.8 Å². The molecule has 1 N–H and O–H groups in total. The lowest BCUT2D eigenvalue weighted by molar-refractivity contribution is -0.123. The maximum Gasteiger partial charge on any atom is 0.266 e. The Morgan fingerprint density at radius 1 is 1.47 bits per heavy atom. The summed E-state index contributed by atoms with van der Waals surface area (Å²) in [5.74, 6) is -0.310. The SMILES string of the molecule is O=C1CN(C(=O)c2sccc2-n2cnnn2)CCN1. The zero-order valence-electron chi connectivity index (χ0n) is 9.81. The van der Waals surface area contributed by atoms with Gasteiger partial charge in [0.25, 0.3) is 5.91 Å². The summed E-state index contributed by atoms with van der Waals surface area (Å²) in [5.41, 5.74) is 0.631. The van der Waals surface area contributed by atoms with Crippen molar-refractivity contribution in [3.63, 3.8) is 0 Å². The highest BCUT2D eigenvalue weighted by Crippen LogP contribution is 2.22. The van der Waals surface area contributed by atoms with Crippen molar-refractivity contribution in [3.05, 3.63) is 22.7 Å². The molecular weight excluding hydrogens is 268 g/mol. The maximum atomic E-state index is 12.4. The molecule has 3 rings (SSSR count). The van der Waals surface area contributed by atoms with E-state index >= 15 is 0 Å². The Hall–Kier alpha value is -2.29. The summed E-state index contributed by atoms with van der Waals surface area (Å²) >= 11 is 1.31. The number of carbonyl (C=O) groups is 2. The first-order chi connectivity index (χ1) is 9.25. The first-order valence-electron chi connectivity index (χ1n) is 5.62. The molecule has 0 spiro atoms. The number of nitrogens with zero attached hydrogens (tertiary/aromatic N) is 5. The minimum absolute atomic E-state index is 0.0891. The van der Waals surface area contributed by atoms with Crippen molar-refractivity contribution in [2.45, 2.75) is 0 Å². The molecule has 0 unspecified atom stereocenters. The van der Waals surface area contributed by atoms with Gasteiger partial charge in [0, 0.05) is 13.1 Å². The van der Waals surface area contributed by atoms with Gasteiger partial charge in [0.2, 0.25) is 5.91 Å². The van der Waals surface area contributed by atoms with Crippen LogP contribution in [0.5, 0.6) is 0 Å². The van der Waals surface area contributed by atoms with E-state index in [1.165, 1.54) is 27.2 Å². The Morgan fingerprint density at radius 3 is 3.11 bits per heavy atom. The van der Waals surface area contributed by atoms with E-state index in [0.29, 0.717) is 23.7 Å². The molecule has 0 aliphatic carbocycles. The van der Waals surface area contributed by atoms with Crippen molar-refractivity contribution in [2.75, 3.05) is 19.6 Å². The molecule has 1 aliphatic rings. The summed E-state index contributed by atoms with van der Waals surface area (Å²) in [6.45, 7) is 1.08. The van der Waals surface area contributed by atoms with Crippen LogP contribution >= 0.6 is 11.3 Å². The van der Waals surface area contributed by atoms with Crippen LogP contribution in [-0.4, -0.2) is 56.6 Å². The molecule has 0 bridgehead atoms. The fourth-order valence-electron chi connectivity index (χ4n) is 1.87. The number of tetrazole rings is 1. The van der Waals surface area contributed by atoms with Crippen molar-refractivity contribution in [1.29, 1.82) is 0 Å². The van der Waals surface area contributed by atoms with Gasteiger partial charge in [0.1, 0.15) is 11.2 Å². The summed E-state index contributed by atoms with van der Waals surface area (Å²) in [5, 5.41) is 15.4. The van der Waals surface area contributed by atoms with Gasteiger partial charge < -0.3 is 10.2 Å². The van der Waals surface area contributed by atoms with E-state index in [9.17, 15) is 9.59 Å². The smallest absolute Gasteiger partial charge is 0.266 e. The van der Waals surface area contributed by atoms with Gasteiger partial charge in [-0.2, -0.15) is 4.68 Å². The first-order valence-corrected chi connectivity index (χ1v) is 6.50. The van der Waals surface area contributed by atoms with Crippen molar-refractivity contribution in [1.82, 2.24) is 30.4 Å². The van der Waals surface area contributed by atoms with E-state index in [4.69, 9.17) is 0 Å². The van der Waals surface area contributed by atoms with Crippen LogP contribution in [0.15, 0.2) is 17.8 Å². The Bertz CT molecular complexity index is 607. The molecular formula is C10H10N6O2S. The molecule has 19 heavy (non-hydrogen) atoms. The number of rotatable bonds is 2. The predicted molar refractivity (Wildman–Crippen MR) is 65.9 cm³/mol. The van der Waals surface area contributed by atoms with Gasteiger partial charge in [0.15, 0.2) is 0 Å². The highest BCUT2D eigenvalue weighted by atomic mass is 32.1. The molecule has 9 heteroatoms. The van der Waals surface area contributed by atoms with Gasteiger partial charge >= 0.3 is 0 Å². The van der Waals surface area contributed by atoms with E-state index in [1.54, 1.807) is 11.4 Å². The molecule has 2 amide bonds. The fourth-order valence-corrected chi connectivity index (χ4v) is 2.72. The summed E-state index contributed by atoms with van der Waals surface area (Å²) in [7, 11) is 0. The molecule has 0 atom stereocenters. The third-order valence-electron chi connectivity index (χ3n) is 2.76. The van der Waals surface area contributed by atoms with Gasteiger partial charge in [-0.1, -0.05) is 0 Å². The van der Waals surface area contributed by atoms with Gasteiger partial charge in [-0.15, -0.1) is 16.4 Å². The van der Waals surface area contributed by atoms with Crippen LogP contribution in [0.2, 0.25) is 0 Å². The average Bonchev–Trinajstić information content (AvgIpc) is 3.08. The first kappa shape index (κ1) is 11.8. The molecule has 1 fully saturated rings. The van der Waals surface area contributed by atoms with Crippen molar-refractivity contribution in [2.24, 2.45) is 0 Å². The third kappa shape index (κ3) is 2.19. The lowest BCUT2D eigenvalue weighted by Crippen LogP contribution is -2.49. The van der Waals surface area contributed by atoms with Crippen LogP contribution in [0.25, 0.3) is 5.69 Å². The second-order valence-corrected chi connectivity index (χ2v) is 4.88.